The number of aromatic hydroxyl groups is 1. The minimum absolute atomic E-state index is 0.0189. The van der Waals surface area contributed by atoms with Gasteiger partial charge in [0.2, 0.25) is 0 Å². The summed E-state index contributed by atoms with van der Waals surface area (Å²) < 4.78 is 21.8. The third-order valence-electron chi connectivity index (χ3n) is 4.79. The van der Waals surface area contributed by atoms with E-state index in [1.807, 2.05) is 30.3 Å². The summed E-state index contributed by atoms with van der Waals surface area (Å²) >= 11 is 0. The van der Waals surface area contributed by atoms with Crippen LogP contribution in [0.5, 0.6) is 11.5 Å². The number of benzene rings is 2. The first-order valence-corrected chi connectivity index (χ1v) is 11.1. The van der Waals surface area contributed by atoms with E-state index in [1.165, 1.54) is 13.5 Å². The van der Waals surface area contributed by atoms with Gasteiger partial charge in [0.05, 0.1) is 12.7 Å². The number of phenols is 1. The van der Waals surface area contributed by atoms with Crippen LogP contribution in [0, 0.1) is 0 Å². The first-order valence-electron chi connectivity index (χ1n) is 11.1. The highest BCUT2D eigenvalue weighted by Gasteiger charge is 2.30. The SMILES string of the molecule is CC(C)(C)OC(=O)NCC1O[B]c2c1ccc(O)c2OCCCNC(=O)OCc1ccccc1. The number of hydrogen-bond acceptors (Lipinski definition) is 7. The van der Waals surface area contributed by atoms with Crippen molar-refractivity contribution in [3.05, 3.63) is 53.6 Å². The molecule has 1 heterocycles. The van der Waals surface area contributed by atoms with Gasteiger partial charge in [-0.05, 0) is 49.8 Å². The number of carbonyl (C=O) groups is 2. The van der Waals surface area contributed by atoms with E-state index in [4.69, 9.17) is 18.9 Å². The van der Waals surface area contributed by atoms with Crippen LogP contribution in [-0.4, -0.2) is 50.1 Å². The average molecular weight is 469 g/mol. The first kappa shape index (κ1) is 25.2. The Labute approximate surface area is 200 Å². The Morgan fingerprint density at radius 3 is 2.59 bits per heavy atom. The van der Waals surface area contributed by atoms with Crippen molar-refractivity contribution < 1.29 is 33.6 Å². The molecule has 34 heavy (non-hydrogen) atoms. The van der Waals surface area contributed by atoms with E-state index in [1.54, 1.807) is 26.8 Å². The van der Waals surface area contributed by atoms with Gasteiger partial charge >= 0.3 is 19.7 Å². The molecule has 1 atom stereocenters. The lowest BCUT2D eigenvalue weighted by Crippen LogP contribution is -2.34. The maximum atomic E-state index is 11.9. The number of amides is 2. The molecular weight excluding hydrogens is 439 g/mol. The fourth-order valence-corrected chi connectivity index (χ4v) is 3.24. The van der Waals surface area contributed by atoms with E-state index < -0.39 is 23.9 Å². The summed E-state index contributed by atoms with van der Waals surface area (Å²) in [7, 11) is 1.50. The van der Waals surface area contributed by atoms with Crippen molar-refractivity contribution in [2.75, 3.05) is 19.7 Å². The number of nitrogens with one attached hydrogen (secondary N) is 2. The molecule has 0 aliphatic carbocycles. The van der Waals surface area contributed by atoms with Gasteiger partial charge in [0, 0.05) is 13.1 Å². The van der Waals surface area contributed by atoms with Crippen molar-refractivity contribution in [3.63, 3.8) is 0 Å². The van der Waals surface area contributed by atoms with E-state index in [0.717, 1.165) is 11.1 Å². The number of hydrogen-bond donors (Lipinski definition) is 3. The van der Waals surface area contributed by atoms with E-state index >= 15 is 0 Å². The molecule has 1 unspecified atom stereocenters. The molecule has 9 nitrogen and oxygen atoms in total. The summed E-state index contributed by atoms with van der Waals surface area (Å²) in [5.41, 5.74) is 1.72. The van der Waals surface area contributed by atoms with Crippen LogP contribution in [0.15, 0.2) is 42.5 Å². The maximum Gasteiger partial charge on any atom is 0.407 e. The monoisotopic (exact) mass is 469 g/mol. The van der Waals surface area contributed by atoms with Crippen LogP contribution in [0.4, 0.5) is 9.59 Å². The summed E-state index contributed by atoms with van der Waals surface area (Å²) in [5, 5.41) is 15.6. The van der Waals surface area contributed by atoms with E-state index in [2.05, 4.69) is 10.6 Å². The molecule has 0 saturated carbocycles. The number of rotatable bonds is 9. The zero-order chi connectivity index (χ0) is 24.6. The Morgan fingerprint density at radius 1 is 1.09 bits per heavy atom. The highest BCUT2D eigenvalue weighted by atomic mass is 16.6. The maximum absolute atomic E-state index is 11.9. The zero-order valence-corrected chi connectivity index (χ0v) is 19.6. The smallest absolute Gasteiger partial charge is 0.407 e. The van der Waals surface area contributed by atoms with Crippen LogP contribution in [0.1, 0.15) is 44.4 Å². The number of fused-ring (bicyclic) bond motifs is 1. The standard InChI is InChI=1S/C24H30BN2O7/c1-24(2,3)33-23(30)27-14-19-17-10-11-18(28)21(20(17)25-34-19)31-13-7-12-26-22(29)32-15-16-8-5-4-6-9-16/h4-6,8-11,19,28H,7,12-15H2,1-3H3,(H,26,29)(H,27,30). The largest absolute Gasteiger partial charge is 0.504 e. The Morgan fingerprint density at radius 2 is 1.85 bits per heavy atom. The number of phenolic OH excluding ortho intramolecular Hbond substituents is 1. The molecule has 3 rings (SSSR count). The Hall–Kier alpha value is -3.40. The molecule has 0 bridgehead atoms. The number of ether oxygens (including phenoxy) is 3. The molecule has 1 aliphatic heterocycles. The van der Waals surface area contributed by atoms with Crippen LogP contribution in [0.2, 0.25) is 0 Å². The molecular formula is C24H30BN2O7. The van der Waals surface area contributed by atoms with E-state index in [0.29, 0.717) is 24.2 Å². The van der Waals surface area contributed by atoms with Crippen molar-refractivity contribution >= 4 is 25.1 Å². The number of alkyl carbamates (subject to hydrolysis) is 2. The molecule has 2 aromatic carbocycles. The van der Waals surface area contributed by atoms with Gasteiger partial charge in [0.25, 0.3) is 0 Å². The van der Waals surface area contributed by atoms with Crippen molar-refractivity contribution in [2.24, 2.45) is 0 Å². The molecule has 0 spiro atoms. The van der Waals surface area contributed by atoms with Gasteiger partial charge < -0.3 is 34.6 Å². The topological polar surface area (TPSA) is 115 Å². The number of carbonyl (C=O) groups excluding carboxylic acids is 2. The second kappa shape index (κ2) is 11.6. The summed E-state index contributed by atoms with van der Waals surface area (Å²) in [6.45, 7) is 6.39. The normalized spacial score (nSPS) is 14.5. The quantitative estimate of drug-likeness (QED) is 0.382. The third kappa shape index (κ3) is 7.59. The van der Waals surface area contributed by atoms with Crippen molar-refractivity contribution in [2.45, 2.75) is 45.5 Å². The minimum atomic E-state index is -0.592. The molecule has 0 aromatic heterocycles. The van der Waals surface area contributed by atoms with Gasteiger partial charge in [-0.3, -0.25) is 0 Å². The average Bonchev–Trinajstić information content (AvgIpc) is 3.20. The minimum Gasteiger partial charge on any atom is -0.504 e. The highest BCUT2D eigenvalue weighted by molar-refractivity contribution is 6.50. The van der Waals surface area contributed by atoms with Gasteiger partial charge in [0.15, 0.2) is 11.5 Å². The molecule has 2 amide bonds. The fourth-order valence-electron chi connectivity index (χ4n) is 3.24. The van der Waals surface area contributed by atoms with Crippen LogP contribution >= 0.6 is 0 Å². The predicted octanol–water partition coefficient (Wildman–Crippen LogP) is 2.93. The lowest BCUT2D eigenvalue weighted by atomic mass is 9.85. The molecule has 0 saturated heterocycles. The fraction of sp³-hybridized carbons (Fsp3) is 0.417. The van der Waals surface area contributed by atoms with Crippen LogP contribution in [-0.2, 0) is 20.7 Å². The second-order valence-corrected chi connectivity index (χ2v) is 8.73. The summed E-state index contributed by atoms with van der Waals surface area (Å²) in [5.74, 6) is 0.276. The Bertz CT molecular complexity index is 979. The molecule has 1 aliphatic rings. The molecule has 3 N–H and O–H groups in total. The van der Waals surface area contributed by atoms with Crippen molar-refractivity contribution in [1.82, 2.24) is 10.6 Å². The van der Waals surface area contributed by atoms with Gasteiger partial charge in [-0.1, -0.05) is 36.4 Å². The Kier molecular flexibility index (Phi) is 8.64. The van der Waals surface area contributed by atoms with Crippen molar-refractivity contribution in [1.29, 1.82) is 0 Å². The molecule has 1 radical (unpaired) electrons. The van der Waals surface area contributed by atoms with Gasteiger partial charge in [-0.25, -0.2) is 9.59 Å². The predicted molar refractivity (Wildman–Crippen MR) is 126 cm³/mol. The Balaban J connectivity index is 1.42. The van der Waals surface area contributed by atoms with Gasteiger partial charge in [-0.15, -0.1) is 0 Å². The zero-order valence-electron chi connectivity index (χ0n) is 19.6. The van der Waals surface area contributed by atoms with Gasteiger partial charge in [-0.2, -0.15) is 0 Å². The molecule has 0 fully saturated rings. The summed E-state index contributed by atoms with van der Waals surface area (Å²) in [6, 6.07) is 12.7. The first-order chi connectivity index (χ1) is 16.2. The van der Waals surface area contributed by atoms with Crippen LogP contribution in [0.3, 0.4) is 0 Å². The third-order valence-corrected chi connectivity index (χ3v) is 4.79. The highest BCUT2D eigenvalue weighted by Crippen LogP contribution is 2.31. The van der Waals surface area contributed by atoms with Crippen LogP contribution in [0.25, 0.3) is 0 Å². The lowest BCUT2D eigenvalue weighted by Gasteiger charge is -2.21. The van der Waals surface area contributed by atoms with E-state index in [-0.39, 0.29) is 25.5 Å². The second-order valence-electron chi connectivity index (χ2n) is 8.73. The van der Waals surface area contributed by atoms with Crippen LogP contribution < -0.4 is 20.8 Å². The van der Waals surface area contributed by atoms with Crippen molar-refractivity contribution in [3.8, 4) is 11.5 Å². The molecule has 181 valence electrons. The lowest BCUT2D eigenvalue weighted by molar-refractivity contribution is 0.0504. The molecule has 10 heteroatoms. The summed E-state index contributed by atoms with van der Waals surface area (Å²) in [6.07, 6.45) is -0.955. The van der Waals surface area contributed by atoms with Gasteiger partial charge in [0.1, 0.15) is 12.2 Å². The molecule has 2 aromatic rings. The van der Waals surface area contributed by atoms with E-state index in [9.17, 15) is 14.7 Å². The summed E-state index contributed by atoms with van der Waals surface area (Å²) in [4.78, 5) is 23.7.